The molecule has 0 radical (unpaired) electrons. The molecule has 4 rings (SSSR count). The average Bonchev–Trinajstić information content (AvgIpc) is 3.39. The molecule has 6 heteroatoms. The average molecular weight is 399 g/mol. The van der Waals surface area contributed by atoms with Crippen LogP contribution in [-0.2, 0) is 10.2 Å². The normalized spacial score (nSPS) is 14.8. The van der Waals surface area contributed by atoms with Crippen LogP contribution in [0.3, 0.4) is 0 Å². The number of benzene rings is 2. The van der Waals surface area contributed by atoms with Crippen LogP contribution in [-0.4, -0.2) is 22.5 Å². The largest absolute Gasteiger partial charge is 0.481 e. The maximum atomic E-state index is 11.5. The highest BCUT2D eigenvalue weighted by molar-refractivity contribution is 7.10. The number of carbonyl (C=O) groups is 1. The number of carboxylic acids is 1. The van der Waals surface area contributed by atoms with Crippen molar-refractivity contribution in [2.24, 2.45) is 0 Å². The third kappa shape index (κ3) is 3.01. The number of hydrogen-bond acceptors (Lipinski definition) is 4. The van der Waals surface area contributed by atoms with E-state index < -0.39 is 11.4 Å². The van der Waals surface area contributed by atoms with Gasteiger partial charge in [0.25, 0.3) is 0 Å². The van der Waals surface area contributed by atoms with Crippen LogP contribution >= 0.6 is 23.1 Å². The van der Waals surface area contributed by atoms with E-state index in [1.165, 1.54) is 11.5 Å². The van der Waals surface area contributed by atoms with Gasteiger partial charge < -0.3 is 10.4 Å². The second-order valence-electron chi connectivity index (χ2n) is 6.88. The predicted octanol–water partition coefficient (Wildman–Crippen LogP) is 5.60. The SMILES string of the molecule is CNc1c(C)nsc1-c1ccc(-c2ccc(C3(C(=O)O)CC3)cc2)c(Cl)c1. The molecule has 0 saturated heterocycles. The fourth-order valence-corrected chi connectivity index (χ4v) is 4.65. The van der Waals surface area contributed by atoms with Gasteiger partial charge in [-0.1, -0.05) is 48.0 Å². The van der Waals surface area contributed by atoms with E-state index in [2.05, 4.69) is 9.69 Å². The smallest absolute Gasteiger partial charge is 0.314 e. The topological polar surface area (TPSA) is 62.2 Å². The van der Waals surface area contributed by atoms with Gasteiger partial charge in [0, 0.05) is 17.6 Å². The van der Waals surface area contributed by atoms with Crippen molar-refractivity contribution in [3.8, 4) is 21.6 Å². The van der Waals surface area contributed by atoms with Gasteiger partial charge in [0.1, 0.15) is 0 Å². The predicted molar refractivity (Wildman–Crippen MR) is 111 cm³/mol. The molecule has 138 valence electrons. The van der Waals surface area contributed by atoms with E-state index in [1.54, 1.807) is 0 Å². The van der Waals surface area contributed by atoms with Crippen LogP contribution in [0.25, 0.3) is 21.6 Å². The lowest BCUT2D eigenvalue weighted by molar-refractivity contribution is -0.140. The first-order valence-electron chi connectivity index (χ1n) is 8.74. The molecular weight excluding hydrogens is 380 g/mol. The van der Waals surface area contributed by atoms with Crippen molar-refractivity contribution in [2.45, 2.75) is 25.2 Å². The maximum Gasteiger partial charge on any atom is 0.314 e. The minimum Gasteiger partial charge on any atom is -0.481 e. The second kappa shape index (κ2) is 6.66. The number of nitrogens with one attached hydrogen (secondary N) is 1. The molecule has 1 aromatic heterocycles. The molecule has 2 aromatic carbocycles. The van der Waals surface area contributed by atoms with E-state index in [0.717, 1.165) is 38.5 Å². The highest BCUT2D eigenvalue weighted by Gasteiger charge is 2.51. The van der Waals surface area contributed by atoms with E-state index in [-0.39, 0.29) is 0 Å². The first kappa shape index (κ1) is 18.0. The summed E-state index contributed by atoms with van der Waals surface area (Å²) in [6, 6.07) is 13.7. The van der Waals surface area contributed by atoms with Crippen molar-refractivity contribution in [1.29, 1.82) is 0 Å². The van der Waals surface area contributed by atoms with Crippen molar-refractivity contribution >= 4 is 34.8 Å². The highest BCUT2D eigenvalue weighted by atomic mass is 35.5. The van der Waals surface area contributed by atoms with Crippen LogP contribution in [0.5, 0.6) is 0 Å². The monoisotopic (exact) mass is 398 g/mol. The van der Waals surface area contributed by atoms with Crippen molar-refractivity contribution in [2.75, 3.05) is 12.4 Å². The number of rotatable bonds is 5. The molecule has 1 heterocycles. The maximum absolute atomic E-state index is 11.5. The molecule has 1 aliphatic rings. The molecule has 1 fully saturated rings. The van der Waals surface area contributed by atoms with E-state index >= 15 is 0 Å². The van der Waals surface area contributed by atoms with Crippen LogP contribution in [0.4, 0.5) is 5.69 Å². The summed E-state index contributed by atoms with van der Waals surface area (Å²) in [6.45, 7) is 1.98. The number of halogens is 1. The summed E-state index contributed by atoms with van der Waals surface area (Å²) >= 11 is 8.03. The molecule has 2 N–H and O–H groups in total. The first-order chi connectivity index (χ1) is 13.0. The summed E-state index contributed by atoms with van der Waals surface area (Å²) in [4.78, 5) is 12.6. The van der Waals surface area contributed by atoms with Crippen molar-refractivity contribution < 1.29 is 9.90 Å². The summed E-state index contributed by atoms with van der Waals surface area (Å²) in [5.74, 6) is -0.738. The third-order valence-electron chi connectivity index (χ3n) is 5.25. The number of aryl methyl sites for hydroxylation is 1. The Morgan fingerprint density at radius 1 is 1.19 bits per heavy atom. The quantitative estimate of drug-likeness (QED) is 0.587. The lowest BCUT2D eigenvalue weighted by Crippen LogP contribution is -2.19. The third-order valence-corrected chi connectivity index (χ3v) is 6.55. The van der Waals surface area contributed by atoms with E-state index in [0.29, 0.717) is 17.9 Å². The van der Waals surface area contributed by atoms with Gasteiger partial charge in [0.05, 0.1) is 21.7 Å². The van der Waals surface area contributed by atoms with Gasteiger partial charge >= 0.3 is 5.97 Å². The number of aromatic nitrogens is 1. The molecule has 0 amide bonds. The van der Waals surface area contributed by atoms with Crippen molar-refractivity contribution in [1.82, 2.24) is 4.37 Å². The zero-order valence-electron chi connectivity index (χ0n) is 15.0. The van der Waals surface area contributed by atoms with Crippen LogP contribution in [0, 0.1) is 6.92 Å². The Balaban J connectivity index is 1.66. The number of nitrogens with zero attached hydrogens (tertiary/aromatic N) is 1. The van der Waals surface area contributed by atoms with Gasteiger partial charge in [-0.25, -0.2) is 0 Å². The minimum absolute atomic E-state index is 0.660. The number of aliphatic carboxylic acids is 1. The molecule has 0 aliphatic heterocycles. The Morgan fingerprint density at radius 2 is 1.85 bits per heavy atom. The highest BCUT2D eigenvalue weighted by Crippen LogP contribution is 2.49. The summed E-state index contributed by atoms with van der Waals surface area (Å²) in [5, 5.41) is 13.3. The molecular formula is C21H19ClN2O2S. The lowest BCUT2D eigenvalue weighted by atomic mass is 9.93. The van der Waals surface area contributed by atoms with Crippen LogP contribution in [0.15, 0.2) is 42.5 Å². The Morgan fingerprint density at radius 3 is 2.41 bits per heavy atom. The zero-order valence-corrected chi connectivity index (χ0v) is 16.6. The number of carboxylic acid groups (broad SMARTS) is 1. The van der Waals surface area contributed by atoms with Crippen LogP contribution < -0.4 is 5.32 Å². The summed E-state index contributed by atoms with van der Waals surface area (Å²) < 4.78 is 4.41. The Kier molecular flexibility index (Phi) is 4.44. The van der Waals surface area contributed by atoms with Gasteiger partial charge in [0.15, 0.2) is 0 Å². The lowest BCUT2D eigenvalue weighted by Gasteiger charge is -2.12. The standard InChI is InChI=1S/C21H19ClN2O2S/c1-12-18(23-2)19(27-24-12)14-5-8-16(17(22)11-14)13-3-6-15(7-4-13)21(9-10-21)20(25)26/h3-8,11,23H,9-10H2,1-2H3,(H,25,26). The van der Waals surface area contributed by atoms with Gasteiger partial charge in [-0.05, 0) is 54.1 Å². The fraction of sp³-hybridized carbons (Fsp3) is 0.238. The molecule has 0 bridgehead atoms. The number of hydrogen-bond donors (Lipinski definition) is 2. The van der Waals surface area contributed by atoms with E-state index in [1.807, 2.05) is 56.4 Å². The van der Waals surface area contributed by atoms with Crippen molar-refractivity contribution in [3.63, 3.8) is 0 Å². The Bertz CT molecular complexity index is 1020. The molecule has 1 aliphatic carbocycles. The summed E-state index contributed by atoms with van der Waals surface area (Å²) in [6.07, 6.45) is 1.42. The summed E-state index contributed by atoms with van der Waals surface area (Å²) in [7, 11) is 1.89. The summed E-state index contributed by atoms with van der Waals surface area (Å²) in [5.41, 5.74) is 5.12. The van der Waals surface area contributed by atoms with Gasteiger partial charge in [0.2, 0.25) is 0 Å². The molecule has 1 saturated carbocycles. The molecule has 4 nitrogen and oxygen atoms in total. The number of anilines is 1. The van der Waals surface area contributed by atoms with Gasteiger partial charge in [-0.15, -0.1) is 0 Å². The molecule has 0 unspecified atom stereocenters. The zero-order chi connectivity index (χ0) is 19.2. The van der Waals surface area contributed by atoms with Crippen LogP contribution in [0.1, 0.15) is 24.1 Å². The van der Waals surface area contributed by atoms with Gasteiger partial charge in [-0.3, -0.25) is 4.79 Å². The molecule has 0 atom stereocenters. The first-order valence-corrected chi connectivity index (χ1v) is 9.89. The van der Waals surface area contributed by atoms with Crippen LogP contribution in [0.2, 0.25) is 5.02 Å². The Labute approximate surface area is 167 Å². The van der Waals surface area contributed by atoms with Crippen molar-refractivity contribution in [3.05, 3.63) is 58.7 Å². The van der Waals surface area contributed by atoms with E-state index in [4.69, 9.17) is 11.6 Å². The fourth-order valence-electron chi connectivity index (χ4n) is 3.47. The second-order valence-corrected chi connectivity index (χ2v) is 8.06. The Hall–Kier alpha value is -2.37. The minimum atomic E-state index is -0.738. The molecule has 3 aromatic rings. The van der Waals surface area contributed by atoms with E-state index in [9.17, 15) is 9.90 Å². The van der Waals surface area contributed by atoms with Gasteiger partial charge in [-0.2, -0.15) is 4.37 Å². The molecule has 0 spiro atoms. The molecule has 27 heavy (non-hydrogen) atoms.